The van der Waals surface area contributed by atoms with E-state index in [1.165, 1.54) is 0 Å². The first-order chi connectivity index (χ1) is 8.90. The molecule has 19 heavy (non-hydrogen) atoms. The number of amides is 1. The van der Waals surface area contributed by atoms with Gasteiger partial charge >= 0.3 is 0 Å². The number of ether oxygens (including phenoxy) is 1. The largest absolute Gasteiger partial charge is 0.372 e. The molecule has 0 aromatic rings. The molecular formula is C15H30N2O2. The number of nitrogens with zero attached hydrogens (tertiary/aromatic N) is 1. The topological polar surface area (TPSA) is 55.6 Å². The van der Waals surface area contributed by atoms with Crippen molar-refractivity contribution in [1.29, 1.82) is 0 Å². The molecule has 0 aromatic carbocycles. The summed E-state index contributed by atoms with van der Waals surface area (Å²) in [6, 6.07) is 0. The molecule has 112 valence electrons. The van der Waals surface area contributed by atoms with Crippen LogP contribution in [0.5, 0.6) is 0 Å². The van der Waals surface area contributed by atoms with Gasteiger partial charge in [-0.1, -0.05) is 26.7 Å². The van der Waals surface area contributed by atoms with Crippen molar-refractivity contribution in [3.63, 3.8) is 0 Å². The summed E-state index contributed by atoms with van der Waals surface area (Å²) in [5.41, 5.74) is 5.37. The van der Waals surface area contributed by atoms with Gasteiger partial charge in [-0.15, -0.1) is 0 Å². The highest BCUT2D eigenvalue weighted by atomic mass is 16.5. The van der Waals surface area contributed by atoms with Crippen LogP contribution in [-0.2, 0) is 9.53 Å². The Morgan fingerprint density at radius 1 is 1.32 bits per heavy atom. The van der Waals surface area contributed by atoms with E-state index in [9.17, 15) is 4.79 Å². The SMILES string of the molecule is CCCC(CN)(CCC)C(=O)N1CCOC(C)(C)C1. The quantitative estimate of drug-likeness (QED) is 0.805. The molecule has 0 aliphatic carbocycles. The van der Waals surface area contributed by atoms with Crippen molar-refractivity contribution in [2.24, 2.45) is 11.1 Å². The minimum Gasteiger partial charge on any atom is -0.372 e. The summed E-state index contributed by atoms with van der Waals surface area (Å²) in [6.07, 6.45) is 3.76. The van der Waals surface area contributed by atoms with Gasteiger partial charge in [0.25, 0.3) is 0 Å². The Bertz CT molecular complexity index is 297. The van der Waals surface area contributed by atoms with E-state index in [0.717, 1.165) is 25.7 Å². The Morgan fingerprint density at radius 3 is 2.32 bits per heavy atom. The first-order valence-corrected chi connectivity index (χ1v) is 7.54. The van der Waals surface area contributed by atoms with Crippen molar-refractivity contribution in [1.82, 2.24) is 4.90 Å². The fourth-order valence-electron chi connectivity index (χ4n) is 3.11. The molecule has 2 N–H and O–H groups in total. The first-order valence-electron chi connectivity index (χ1n) is 7.54. The lowest BCUT2D eigenvalue weighted by Crippen LogP contribution is -2.56. The highest BCUT2D eigenvalue weighted by Gasteiger charge is 2.41. The van der Waals surface area contributed by atoms with Crippen LogP contribution < -0.4 is 5.73 Å². The number of nitrogens with two attached hydrogens (primary N) is 1. The fourth-order valence-corrected chi connectivity index (χ4v) is 3.11. The second-order valence-electron chi connectivity index (χ2n) is 6.32. The molecule has 0 spiro atoms. The second-order valence-corrected chi connectivity index (χ2v) is 6.32. The molecule has 1 amide bonds. The predicted molar refractivity (Wildman–Crippen MR) is 77.9 cm³/mol. The third-order valence-electron chi connectivity index (χ3n) is 4.01. The number of rotatable bonds is 6. The highest BCUT2D eigenvalue weighted by molar-refractivity contribution is 5.83. The standard InChI is InChI=1S/C15H30N2O2/c1-5-7-15(11-16,8-6-2)13(18)17-9-10-19-14(3,4)12-17/h5-12,16H2,1-4H3. The molecule has 1 fully saturated rings. The summed E-state index contributed by atoms with van der Waals surface area (Å²) in [4.78, 5) is 14.9. The summed E-state index contributed by atoms with van der Waals surface area (Å²) in [6.45, 7) is 10.8. The Morgan fingerprint density at radius 2 is 1.89 bits per heavy atom. The van der Waals surface area contributed by atoms with Crippen LogP contribution in [0.2, 0.25) is 0 Å². The summed E-state index contributed by atoms with van der Waals surface area (Å²) < 4.78 is 5.69. The maximum absolute atomic E-state index is 12.9. The molecule has 4 nitrogen and oxygen atoms in total. The first kappa shape index (κ1) is 16.4. The summed E-state index contributed by atoms with van der Waals surface area (Å²) in [5.74, 6) is 0.232. The van der Waals surface area contributed by atoms with E-state index in [2.05, 4.69) is 13.8 Å². The lowest BCUT2D eigenvalue weighted by Gasteiger charge is -2.43. The van der Waals surface area contributed by atoms with Gasteiger partial charge in [0.15, 0.2) is 0 Å². The van der Waals surface area contributed by atoms with Crippen LogP contribution in [-0.4, -0.2) is 42.6 Å². The van der Waals surface area contributed by atoms with E-state index in [1.807, 2.05) is 18.7 Å². The van der Waals surface area contributed by atoms with Crippen LogP contribution >= 0.6 is 0 Å². The van der Waals surface area contributed by atoms with E-state index >= 15 is 0 Å². The maximum atomic E-state index is 12.9. The maximum Gasteiger partial charge on any atom is 0.230 e. The minimum atomic E-state index is -0.364. The van der Waals surface area contributed by atoms with Gasteiger partial charge in [-0.2, -0.15) is 0 Å². The number of carbonyl (C=O) groups excluding carboxylic acids is 1. The van der Waals surface area contributed by atoms with Crippen LogP contribution in [0.1, 0.15) is 53.4 Å². The normalized spacial score (nSPS) is 19.5. The molecule has 1 heterocycles. The Balaban J connectivity index is 2.86. The molecule has 1 aliphatic heterocycles. The van der Waals surface area contributed by atoms with Crippen molar-refractivity contribution >= 4 is 5.91 Å². The monoisotopic (exact) mass is 270 g/mol. The van der Waals surface area contributed by atoms with Gasteiger partial charge in [0.05, 0.1) is 17.6 Å². The molecule has 1 aliphatic rings. The van der Waals surface area contributed by atoms with Crippen LogP contribution in [0.4, 0.5) is 0 Å². The molecule has 0 bridgehead atoms. The molecule has 0 atom stereocenters. The average molecular weight is 270 g/mol. The number of morpholine rings is 1. The zero-order valence-electron chi connectivity index (χ0n) is 13.0. The second kappa shape index (κ2) is 6.71. The molecule has 4 heteroatoms. The van der Waals surface area contributed by atoms with Crippen LogP contribution in [0.15, 0.2) is 0 Å². The predicted octanol–water partition coefficient (Wildman–Crippen LogP) is 2.17. The van der Waals surface area contributed by atoms with E-state index in [-0.39, 0.29) is 16.9 Å². The van der Waals surface area contributed by atoms with Crippen LogP contribution in [0, 0.1) is 5.41 Å². The van der Waals surface area contributed by atoms with Crippen molar-refractivity contribution in [2.75, 3.05) is 26.2 Å². The van der Waals surface area contributed by atoms with Crippen molar-refractivity contribution in [3.8, 4) is 0 Å². The van der Waals surface area contributed by atoms with Gasteiger partial charge < -0.3 is 15.4 Å². The van der Waals surface area contributed by atoms with E-state index in [0.29, 0.717) is 26.2 Å². The molecule has 0 saturated carbocycles. The molecule has 1 rings (SSSR count). The van der Waals surface area contributed by atoms with Crippen molar-refractivity contribution in [3.05, 3.63) is 0 Å². The fraction of sp³-hybridized carbons (Fsp3) is 0.933. The molecule has 0 radical (unpaired) electrons. The number of carbonyl (C=O) groups is 1. The lowest BCUT2D eigenvalue weighted by molar-refractivity contribution is -0.156. The highest BCUT2D eigenvalue weighted by Crippen LogP contribution is 2.32. The van der Waals surface area contributed by atoms with Crippen molar-refractivity contribution < 1.29 is 9.53 Å². The summed E-state index contributed by atoms with van der Waals surface area (Å²) in [7, 11) is 0. The number of hydrogen-bond donors (Lipinski definition) is 1. The molecular weight excluding hydrogens is 240 g/mol. The van der Waals surface area contributed by atoms with Gasteiger partial charge in [0, 0.05) is 19.6 Å². The lowest BCUT2D eigenvalue weighted by atomic mass is 9.77. The molecule has 1 saturated heterocycles. The average Bonchev–Trinajstić information content (AvgIpc) is 2.36. The van der Waals surface area contributed by atoms with Gasteiger partial charge in [-0.25, -0.2) is 0 Å². The summed E-state index contributed by atoms with van der Waals surface area (Å²) in [5, 5.41) is 0. The Hall–Kier alpha value is -0.610. The smallest absolute Gasteiger partial charge is 0.230 e. The molecule has 0 unspecified atom stereocenters. The van der Waals surface area contributed by atoms with Gasteiger partial charge in [-0.3, -0.25) is 4.79 Å². The minimum absolute atomic E-state index is 0.232. The summed E-state index contributed by atoms with van der Waals surface area (Å²) >= 11 is 0. The van der Waals surface area contributed by atoms with E-state index < -0.39 is 0 Å². The van der Waals surface area contributed by atoms with Gasteiger partial charge in [0.2, 0.25) is 5.91 Å². The van der Waals surface area contributed by atoms with Crippen molar-refractivity contribution in [2.45, 2.75) is 59.0 Å². The number of hydrogen-bond acceptors (Lipinski definition) is 3. The van der Waals surface area contributed by atoms with Crippen LogP contribution in [0.25, 0.3) is 0 Å². The zero-order chi connectivity index (χ0) is 14.5. The van der Waals surface area contributed by atoms with Crippen LogP contribution in [0.3, 0.4) is 0 Å². The van der Waals surface area contributed by atoms with E-state index in [4.69, 9.17) is 10.5 Å². The van der Waals surface area contributed by atoms with Gasteiger partial charge in [-0.05, 0) is 26.7 Å². The molecule has 0 aromatic heterocycles. The van der Waals surface area contributed by atoms with E-state index in [1.54, 1.807) is 0 Å². The Labute approximate surface area is 117 Å². The Kier molecular flexibility index (Phi) is 5.81. The zero-order valence-corrected chi connectivity index (χ0v) is 13.0. The van der Waals surface area contributed by atoms with Gasteiger partial charge in [0.1, 0.15) is 0 Å². The third kappa shape index (κ3) is 3.93. The third-order valence-corrected chi connectivity index (χ3v) is 4.01.